The molecule has 1 aliphatic rings. The van der Waals surface area contributed by atoms with Crippen molar-refractivity contribution in [2.24, 2.45) is 0 Å². The Hall–Kier alpha value is -0.830. The molecule has 0 saturated carbocycles. The van der Waals surface area contributed by atoms with Crippen molar-refractivity contribution in [3.05, 3.63) is 21.4 Å². The second-order valence-corrected chi connectivity index (χ2v) is 3.77. The molecule has 3 heteroatoms. The smallest absolute Gasteiger partial charge is 0.264 e. The van der Waals surface area contributed by atoms with E-state index in [1.807, 2.05) is 7.05 Å². The molecular weight excluding hydrogens is 158 g/mol. The zero-order chi connectivity index (χ0) is 8.01. The second kappa shape index (κ2) is 2.08. The van der Waals surface area contributed by atoms with E-state index < -0.39 is 0 Å². The summed E-state index contributed by atoms with van der Waals surface area (Å²) in [5.41, 5.74) is 2.48. The lowest BCUT2D eigenvalue weighted by Crippen LogP contribution is -2.17. The van der Waals surface area contributed by atoms with Crippen LogP contribution in [0.2, 0.25) is 0 Å². The molecule has 11 heavy (non-hydrogen) atoms. The number of carbonyl (C=O) groups is 1. The highest BCUT2D eigenvalue weighted by atomic mass is 32.1. The molecule has 0 N–H and O–H groups in total. The Morgan fingerprint density at radius 3 is 3.00 bits per heavy atom. The molecule has 2 heterocycles. The van der Waals surface area contributed by atoms with Gasteiger partial charge in [-0.3, -0.25) is 4.79 Å². The number of thiophene rings is 1. The van der Waals surface area contributed by atoms with Crippen LogP contribution in [0.15, 0.2) is 5.38 Å². The fourth-order valence-corrected chi connectivity index (χ4v) is 2.39. The van der Waals surface area contributed by atoms with E-state index >= 15 is 0 Å². The van der Waals surface area contributed by atoms with Gasteiger partial charge in [-0.15, -0.1) is 11.3 Å². The van der Waals surface area contributed by atoms with Gasteiger partial charge in [0.25, 0.3) is 5.91 Å². The Bertz CT molecular complexity index is 316. The average molecular weight is 167 g/mol. The van der Waals surface area contributed by atoms with E-state index in [0.29, 0.717) is 0 Å². The summed E-state index contributed by atoms with van der Waals surface area (Å²) in [5.74, 6) is 0.179. The van der Waals surface area contributed by atoms with Crippen molar-refractivity contribution in [3.8, 4) is 0 Å². The minimum Gasteiger partial charge on any atom is -0.337 e. The molecule has 0 aromatic carbocycles. The predicted octanol–water partition coefficient (Wildman–Crippen LogP) is 1.64. The summed E-state index contributed by atoms with van der Waals surface area (Å²) in [5, 5.41) is 2.05. The van der Waals surface area contributed by atoms with E-state index in [9.17, 15) is 4.79 Å². The first-order valence-electron chi connectivity index (χ1n) is 3.52. The summed E-state index contributed by atoms with van der Waals surface area (Å²) < 4.78 is 0. The number of fused-ring (bicyclic) bond motifs is 1. The van der Waals surface area contributed by atoms with Gasteiger partial charge in [0.1, 0.15) is 0 Å². The zero-order valence-electron chi connectivity index (χ0n) is 6.55. The first-order chi connectivity index (χ1) is 5.20. The third-order valence-corrected chi connectivity index (χ3v) is 3.17. The molecule has 0 unspecified atom stereocenters. The van der Waals surface area contributed by atoms with Crippen LogP contribution in [0.4, 0.5) is 0 Å². The first kappa shape index (κ1) is 6.85. The summed E-state index contributed by atoms with van der Waals surface area (Å²) in [4.78, 5) is 14.0. The van der Waals surface area contributed by atoms with Gasteiger partial charge in [0.05, 0.1) is 4.88 Å². The molecule has 0 bridgehead atoms. The van der Waals surface area contributed by atoms with Crippen molar-refractivity contribution in [1.29, 1.82) is 0 Å². The number of rotatable bonds is 0. The number of aryl methyl sites for hydroxylation is 1. The molecule has 1 aliphatic heterocycles. The molecule has 0 atom stereocenters. The molecule has 0 radical (unpaired) electrons. The van der Waals surface area contributed by atoms with Crippen LogP contribution in [-0.4, -0.2) is 17.9 Å². The van der Waals surface area contributed by atoms with E-state index in [1.165, 1.54) is 11.1 Å². The third kappa shape index (κ3) is 0.807. The van der Waals surface area contributed by atoms with Gasteiger partial charge in [-0.25, -0.2) is 0 Å². The van der Waals surface area contributed by atoms with Gasteiger partial charge in [-0.2, -0.15) is 0 Å². The van der Waals surface area contributed by atoms with E-state index in [2.05, 4.69) is 12.3 Å². The molecule has 2 nitrogen and oxygen atoms in total. The van der Waals surface area contributed by atoms with Crippen molar-refractivity contribution >= 4 is 17.2 Å². The lowest BCUT2D eigenvalue weighted by molar-refractivity contribution is 0.0820. The maximum absolute atomic E-state index is 11.3. The van der Waals surface area contributed by atoms with Crippen LogP contribution in [0, 0.1) is 6.92 Å². The van der Waals surface area contributed by atoms with Crippen LogP contribution in [0.1, 0.15) is 20.8 Å². The summed E-state index contributed by atoms with van der Waals surface area (Å²) >= 11 is 1.56. The Labute approximate surface area is 69.4 Å². The first-order valence-corrected chi connectivity index (χ1v) is 4.40. The highest BCUT2D eigenvalue weighted by molar-refractivity contribution is 7.12. The predicted molar refractivity (Wildman–Crippen MR) is 44.9 cm³/mol. The molecule has 58 valence electrons. The number of carbonyl (C=O) groups excluding carboxylic acids is 1. The van der Waals surface area contributed by atoms with Crippen molar-refractivity contribution in [2.45, 2.75) is 13.5 Å². The Morgan fingerprint density at radius 1 is 1.64 bits per heavy atom. The van der Waals surface area contributed by atoms with Crippen LogP contribution < -0.4 is 0 Å². The highest BCUT2D eigenvalue weighted by Crippen LogP contribution is 2.29. The van der Waals surface area contributed by atoms with E-state index in [1.54, 1.807) is 16.2 Å². The van der Waals surface area contributed by atoms with Crippen LogP contribution in [0.25, 0.3) is 0 Å². The normalized spacial score (nSPS) is 15.8. The van der Waals surface area contributed by atoms with Crippen molar-refractivity contribution in [3.63, 3.8) is 0 Å². The molecule has 1 amide bonds. The average Bonchev–Trinajstić information content (AvgIpc) is 2.43. The Kier molecular flexibility index (Phi) is 1.29. The van der Waals surface area contributed by atoms with Gasteiger partial charge in [0.15, 0.2) is 0 Å². The molecule has 2 rings (SSSR count). The van der Waals surface area contributed by atoms with Gasteiger partial charge >= 0.3 is 0 Å². The topological polar surface area (TPSA) is 20.3 Å². The van der Waals surface area contributed by atoms with Gasteiger partial charge < -0.3 is 4.90 Å². The van der Waals surface area contributed by atoms with Crippen LogP contribution in [-0.2, 0) is 6.54 Å². The fraction of sp³-hybridized carbons (Fsp3) is 0.375. The third-order valence-electron chi connectivity index (χ3n) is 2.04. The van der Waals surface area contributed by atoms with E-state index in [0.717, 1.165) is 11.4 Å². The minimum absolute atomic E-state index is 0.179. The molecule has 0 fully saturated rings. The summed E-state index contributed by atoms with van der Waals surface area (Å²) in [7, 11) is 1.84. The fourth-order valence-electron chi connectivity index (χ4n) is 1.33. The van der Waals surface area contributed by atoms with Crippen LogP contribution in [0.3, 0.4) is 0 Å². The molecular formula is C8H9NOS. The SMILES string of the molecule is Cc1csc2c1CN(C)C2=O. The lowest BCUT2D eigenvalue weighted by atomic mass is 10.2. The quantitative estimate of drug-likeness (QED) is 0.575. The molecule has 0 spiro atoms. The van der Waals surface area contributed by atoms with Gasteiger partial charge in [0, 0.05) is 13.6 Å². The van der Waals surface area contributed by atoms with Gasteiger partial charge in [-0.05, 0) is 23.4 Å². The molecule has 0 aliphatic carbocycles. The molecule has 1 aromatic heterocycles. The lowest BCUT2D eigenvalue weighted by Gasteiger charge is -2.05. The van der Waals surface area contributed by atoms with Crippen LogP contribution in [0.5, 0.6) is 0 Å². The van der Waals surface area contributed by atoms with Crippen molar-refractivity contribution in [1.82, 2.24) is 4.90 Å². The monoisotopic (exact) mass is 167 g/mol. The van der Waals surface area contributed by atoms with Crippen LogP contribution >= 0.6 is 11.3 Å². The highest BCUT2D eigenvalue weighted by Gasteiger charge is 2.27. The summed E-state index contributed by atoms with van der Waals surface area (Å²) in [6.07, 6.45) is 0. The maximum Gasteiger partial charge on any atom is 0.264 e. The van der Waals surface area contributed by atoms with Crippen molar-refractivity contribution in [2.75, 3.05) is 7.05 Å². The molecule has 0 saturated heterocycles. The van der Waals surface area contributed by atoms with Gasteiger partial charge in [0.2, 0.25) is 0 Å². The van der Waals surface area contributed by atoms with Crippen molar-refractivity contribution < 1.29 is 4.79 Å². The number of hydrogen-bond acceptors (Lipinski definition) is 2. The standard InChI is InChI=1S/C8H9NOS/c1-5-4-11-7-6(5)3-9(2)8(7)10/h4H,3H2,1-2H3. The molecule has 1 aromatic rings. The number of amides is 1. The maximum atomic E-state index is 11.3. The number of hydrogen-bond donors (Lipinski definition) is 0. The largest absolute Gasteiger partial charge is 0.337 e. The Balaban J connectivity index is 2.56. The number of nitrogens with zero attached hydrogens (tertiary/aromatic N) is 1. The van der Waals surface area contributed by atoms with E-state index in [4.69, 9.17) is 0 Å². The summed E-state index contributed by atoms with van der Waals surface area (Å²) in [6, 6.07) is 0. The Morgan fingerprint density at radius 2 is 2.36 bits per heavy atom. The van der Waals surface area contributed by atoms with E-state index in [-0.39, 0.29) is 5.91 Å². The van der Waals surface area contributed by atoms with Gasteiger partial charge in [-0.1, -0.05) is 0 Å². The minimum atomic E-state index is 0.179. The zero-order valence-corrected chi connectivity index (χ0v) is 7.36. The summed E-state index contributed by atoms with van der Waals surface area (Å²) in [6.45, 7) is 2.85. The second-order valence-electron chi connectivity index (χ2n) is 2.89.